The number of rotatable bonds is 6. The Morgan fingerprint density at radius 2 is 1.95 bits per heavy atom. The monoisotopic (exact) mass is 310 g/mol. The lowest BCUT2D eigenvalue weighted by atomic mass is 9.91. The molecule has 0 spiro atoms. The third-order valence-electron chi connectivity index (χ3n) is 4.23. The highest BCUT2D eigenvalue weighted by Crippen LogP contribution is 2.22. The van der Waals surface area contributed by atoms with E-state index < -0.39 is 0 Å². The predicted molar refractivity (Wildman–Crippen MR) is 84.4 cm³/mol. The van der Waals surface area contributed by atoms with Crippen LogP contribution in [-0.4, -0.2) is 31.7 Å². The van der Waals surface area contributed by atoms with Crippen LogP contribution in [0.3, 0.4) is 0 Å². The molecule has 1 fully saturated rings. The fraction of sp³-hybridized carbons (Fsp3) is 0.562. The van der Waals surface area contributed by atoms with Crippen LogP contribution in [0, 0.1) is 0 Å². The van der Waals surface area contributed by atoms with Gasteiger partial charge in [-0.25, -0.2) is 0 Å². The van der Waals surface area contributed by atoms with Crippen LogP contribution in [0.4, 0.5) is 0 Å². The maximum Gasteiger partial charge on any atom is 0.226 e. The van der Waals surface area contributed by atoms with Crippen molar-refractivity contribution in [3.05, 3.63) is 34.9 Å². The number of halogens is 1. The van der Waals surface area contributed by atoms with Crippen molar-refractivity contribution in [3.8, 4) is 0 Å². The Morgan fingerprint density at radius 3 is 2.48 bits per heavy atom. The minimum absolute atomic E-state index is 0.310. The highest BCUT2D eigenvalue weighted by atomic mass is 35.5. The van der Waals surface area contributed by atoms with Crippen molar-refractivity contribution in [2.24, 2.45) is 5.73 Å². The lowest BCUT2D eigenvalue weighted by Crippen LogP contribution is -2.40. The topological polar surface area (TPSA) is 64.3 Å². The zero-order chi connectivity index (χ0) is 15.2. The van der Waals surface area contributed by atoms with Crippen molar-refractivity contribution in [1.82, 2.24) is 5.32 Å². The largest absolute Gasteiger partial charge is 0.381 e. The minimum atomic E-state index is -0.317. The second kappa shape index (κ2) is 7.78. The van der Waals surface area contributed by atoms with Crippen molar-refractivity contribution >= 4 is 17.5 Å². The van der Waals surface area contributed by atoms with Crippen LogP contribution in [0.15, 0.2) is 24.3 Å². The molecular formula is C16H23ClN2O2. The number of amides is 1. The zero-order valence-electron chi connectivity index (χ0n) is 12.3. The Morgan fingerprint density at radius 1 is 1.33 bits per heavy atom. The van der Waals surface area contributed by atoms with Gasteiger partial charge in [-0.1, -0.05) is 23.7 Å². The van der Waals surface area contributed by atoms with Crippen molar-refractivity contribution in [2.45, 2.75) is 43.7 Å². The van der Waals surface area contributed by atoms with Crippen LogP contribution in [0.5, 0.6) is 0 Å². The molecule has 1 amide bonds. The lowest BCUT2D eigenvalue weighted by Gasteiger charge is -2.29. The maximum absolute atomic E-state index is 11.7. The summed E-state index contributed by atoms with van der Waals surface area (Å²) in [5, 5.41) is 4.13. The number of carbonyl (C=O) groups excluding carboxylic acids is 1. The van der Waals surface area contributed by atoms with Gasteiger partial charge in [-0.2, -0.15) is 0 Å². The van der Waals surface area contributed by atoms with E-state index in [0.29, 0.717) is 23.7 Å². The molecule has 0 bridgehead atoms. The Labute approximate surface area is 131 Å². The van der Waals surface area contributed by atoms with Crippen LogP contribution in [0.25, 0.3) is 0 Å². The summed E-state index contributed by atoms with van der Waals surface area (Å²) in [7, 11) is 1.77. The van der Waals surface area contributed by atoms with Crippen LogP contribution in [0.2, 0.25) is 5.02 Å². The molecule has 0 aliphatic heterocycles. The van der Waals surface area contributed by atoms with E-state index >= 15 is 0 Å². The number of primary amides is 1. The molecule has 5 heteroatoms. The predicted octanol–water partition coefficient (Wildman–Crippen LogP) is 2.46. The molecule has 3 N–H and O–H groups in total. The lowest BCUT2D eigenvalue weighted by molar-refractivity contribution is -0.119. The van der Waals surface area contributed by atoms with E-state index in [9.17, 15) is 4.79 Å². The van der Waals surface area contributed by atoms with Gasteiger partial charge in [-0.05, 0) is 43.4 Å². The van der Waals surface area contributed by atoms with Gasteiger partial charge in [0.1, 0.15) is 0 Å². The number of benzene rings is 1. The average molecular weight is 311 g/mol. The molecule has 1 saturated carbocycles. The first-order chi connectivity index (χ1) is 10.1. The van der Waals surface area contributed by atoms with Gasteiger partial charge in [0.15, 0.2) is 0 Å². The molecule has 0 saturated heterocycles. The number of hydrogen-bond acceptors (Lipinski definition) is 3. The van der Waals surface area contributed by atoms with Gasteiger partial charge in [0.05, 0.1) is 12.0 Å². The van der Waals surface area contributed by atoms with E-state index in [4.69, 9.17) is 22.1 Å². The summed E-state index contributed by atoms with van der Waals surface area (Å²) in [4.78, 5) is 11.7. The number of nitrogens with one attached hydrogen (secondary N) is 1. The van der Waals surface area contributed by atoms with E-state index in [1.807, 2.05) is 12.1 Å². The van der Waals surface area contributed by atoms with E-state index in [1.165, 1.54) is 0 Å². The molecule has 1 aromatic rings. The second-order valence-corrected chi connectivity index (χ2v) is 6.06. The first-order valence-electron chi connectivity index (χ1n) is 7.41. The Bertz CT molecular complexity index is 456. The maximum atomic E-state index is 11.7. The number of carbonyl (C=O) groups is 1. The first-order valence-corrected chi connectivity index (χ1v) is 7.79. The van der Waals surface area contributed by atoms with Gasteiger partial charge >= 0.3 is 0 Å². The number of nitrogens with two attached hydrogens (primary N) is 1. The van der Waals surface area contributed by atoms with Gasteiger partial charge in [0.2, 0.25) is 5.91 Å². The highest BCUT2D eigenvalue weighted by molar-refractivity contribution is 6.30. The van der Waals surface area contributed by atoms with Crippen LogP contribution in [-0.2, 0) is 9.53 Å². The summed E-state index contributed by atoms with van der Waals surface area (Å²) >= 11 is 5.88. The van der Waals surface area contributed by atoms with E-state index in [0.717, 1.165) is 31.2 Å². The smallest absolute Gasteiger partial charge is 0.226 e. The van der Waals surface area contributed by atoms with Crippen molar-refractivity contribution in [2.75, 3.05) is 13.7 Å². The molecule has 1 aliphatic rings. The molecule has 1 aromatic carbocycles. The Kier molecular flexibility index (Phi) is 6.03. The fourth-order valence-corrected chi connectivity index (χ4v) is 2.99. The van der Waals surface area contributed by atoms with Crippen LogP contribution < -0.4 is 11.1 Å². The summed E-state index contributed by atoms with van der Waals surface area (Å²) < 4.78 is 5.37. The molecule has 1 aliphatic carbocycles. The second-order valence-electron chi connectivity index (χ2n) is 5.62. The molecule has 0 heterocycles. The van der Waals surface area contributed by atoms with Crippen molar-refractivity contribution in [1.29, 1.82) is 0 Å². The van der Waals surface area contributed by atoms with Gasteiger partial charge in [0.25, 0.3) is 0 Å². The van der Waals surface area contributed by atoms with Gasteiger partial charge in [-0.3, -0.25) is 4.79 Å². The molecule has 2 rings (SSSR count). The molecule has 1 atom stereocenters. The summed E-state index contributed by atoms with van der Waals surface area (Å²) in [5.41, 5.74) is 6.44. The third kappa shape index (κ3) is 4.70. The summed E-state index contributed by atoms with van der Waals surface area (Å²) in [6, 6.07) is 7.74. The minimum Gasteiger partial charge on any atom is -0.381 e. The SMILES string of the molecule is COC1CCC(NC[C@@H](C(N)=O)c2ccc(Cl)cc2)CC1. The summed E-state index contributed by atoms with van der Waals surface area (Å²) in [5.74, 6) is -0.627. The van der Waals surface area contributed by atoms with Crippen LogP contribution >= 0.6 is 11.6 Å². The van der Waals surface area contributed by atoms with Crippen molar-refractivity contribution in [3.63, 3.8) is 0 Å². The number of ether oxygens (including phenoxy) is 1. The molecule has 0 radical (unpaired) electrons. The summed E-state index contributed by atoms with van der Waals surface area (Å²) in [6.45, 7) is 0.569. The number of methoxy groups -OCH3 is 1. The van der Waals surface area contributed by atoms with Gasteiger partial charge < -0.3 is 15.8 Å². The molecule has 0 unspecified atom stereocenters. The quantitative estimate of drug-likeness (QED) is 0.848. The standard InChI is InChI=1S/C16H23ClN2O2/c1-21-14-8-6-13(7-9-14)19-10-15(16(18)20)11-2-4-12(17)5-3-11/h2-5,13-15,19H,6-10H2,1H3,(H2,18,20)/t13?,14?,15-/m1/s1. The molecule has 0 aromatic heterocycles. The summed E-state index contributed by atoms with van der Waals surface area (Å²) in [6.07, 6.45) is 4.66. The Balaban J connectivity index is 1.89. The third-order valence-corrected chi connectivity index (χ3v) is 4.49. The molecule has 21 heavy (non-hydrogen) atoms. The van der Waals surface area contributed by atoms with Gasteiger partial charge in [0, 0.05) is 24.7 Å². The highest BCUT2D eigenvalue weighted by Gasteiger charge is 2.23. The molecule has 116 valence electrons. The Hall–Kier alpha value is -1.10. The van der Waals surface area contributed by atoms with Gasteiger partial charge in [-0.15, -0.1) is 0 Å². The van der Waals surface area contributed by atoms with Crippen LogP contribution in [0.1, 0.15) is 37.2 Å². The molecular weight excluding hydrogens is 288 g/mol. The number of hydrogen-bond donors (Lipinski definition) is 2. The van der Waals surface area contributed by atoms with E-state index in [1.54, 1.807) is 19.2 Å². The van der Waals surface area contributed by atoms with Crippen molar-refractivity contribution < 1.29 is 9.53 Å². The van der Waals surface area contributed by atoms with E-state index in [2.05, 4.69) is 5.32 Å². The average Bonchev–Trinajstić information content (AvgIpc) is 2.49. The normalized spacial score (nSPS) is 23.7. The molecule has 4 nitrogen and oxygen atoms in total. The fourth-order valence-electron chi connectivity index (χ4n) is 2.86. The first kappa shape index (κ1) is 16.3. The van der Waals surface area contributed by atoms with E-state index in [-0.39, 0.29) is 11.8 Å². The zero-order valence-corrected chi connectivity index (χ0v) is 13.1.